The van der Waals surface area contributed by atoms with E-state index in [-0.39, 0.29) is 0 Å². The van der Waals surface area contributed by atoms with Crippen LogP contribution in [-0.2, 0) is 0 Å². The van der Waals surface area contributed by atoms with E-state index in [4.69, 9.17) is 9.97 Å². The van der Waals surface area contributed by atoms with Gasteiger partial charge in [0.05, 0.1) is 17.2 Å². The Morgan fingerprint density at radius 2 is 1.80 bits per heavy atom. The Kier molecular flexibility index (Phi) is 4.02. The molecule has 30 heavy (non-hydrogen) atoms. The highest BCUT2D eigenvalue weighted by molar-refractivity contribution is 5.95. The van der Waals surface area contributed by atoms with E-state index in [2.05, 4.69) is 42.6 Å². The summed E-state index contributed by atoms with van der Waals surface area (Å²) in [4.78, 5) is 21.8. The van der Waals surface area contributed by atoms with Crippen molar-refractivity contribution in [2.45, 2.75) is 18.8 Å². The molecule has 0 atom stereocenters. The van der Waals surface area contributed by atoms with Crippen molar-refractivity contribution in [1.82, 2.24) is 40.4 Å². The van der Waals surface area contributed by atoms with Crippen LogP contribution >= 0.6 is 0 Å². The van der Waals surface area contributed by atoms with E-state index >= 15 is 0 Å². The first-order valence-electron chi connectivity index (χ1n) is 10.2. The lowest BCUT2D eigenvalue weighted by Gasteiger charge is -2.22. The minimum Gasteiger partial charge on any atom is -0.335 e. The first kappa shape index (κ1) is 17.2. The van der Waals surface area contributed by atoms with Crippen molar-refractivity contribution in [3.63, 3.8) is 0 Å². The Balaban J connectivity index is 1.47. The maximum absolute atomic E-state index is 4.98. The number of piperidine rings is 1. The zero-order valence-electron chi connectivity index (χ0n) is 16.3. The van der Waals surface area contributed by atoms with Gasteiger partial charge < -0.3 is 10.3 Å². The molecule has 1 aliphatic rings. The second-order valence-electron chi connectivity index (χ2n) is 7.64. The second kappa shape index (κ2) is 7.00. The normalized spacial score (nSPS) is 15.2. The zero-order chi connectivity index (χ0) is 19.9. The fraction of sp³-hybridized carbons (Fsp3) is 0.227. The lowest BCUT2D eigenvalue weighted by atomic mass is 9.94. The maximum Gasteiger partial charge on any atom is 0.161 e. The number of hydrogen-bond donors (Lipinski definition) is 3. The van der Waals surface area contributed by atoms with Crippen molar-refractivity contribution >= 4 is 22.1 Å². The van der Waals surface area contributed by atoms with Crippen molar-refractivity contribution in [1.29, 1.82) is 0 Å². The van der Waals surface area contributed by atoms with Gasteiger partial charge in [0, 0.05) is 41.3 Å². The lowest BCUT2D eigenvalue weighted by molar-refractivity contribution is 0.454. The fourth-order valence-corrected chi connectivity index (χ4v) is 4.20. The van der Waals surface area contributed by atoms with Gasteiger partial charge in [-0.25, -0.2) is 9.97 Å². The summed E-state index contributed by atoms with van der Waals surface area (Å²) in [6, 6.07) is 8.11. The number of H-pyrrole nitrogens is 2. The van der Waals surface area contributed by atoms with Crippen LogP contribution in [0.2, 0.25) is 0 Å². The van der Waals surface area contributed by atoms with Crippen molar-refractivity contribution in [3.05, 3.63) is 54.7 Å². The summed E-state index contributed by atoms with van der Waals surface area (Å²) in [6.45, 7) is 2.08. The van der Waals surface area contributed by atoms with Crippen LogP contribution < -0.4 is 5.32 Å². The lowest BCUT2D eigenvalue weighted by Crippen LogP contribution is -2.27. The number of aromatic amines is 2. The van der Waals surface area contributed by atoms with E-state index in [0.29, 0.717) is 11.7 Å². The van der Waals surface area contributed by atoms with Crippen LogP contribution in [0.25, 0.3) is 44.7 Å². The van der Waals surface area contributed by atoms with Crippen LogP contribution in [0.15, 0.2) is 49.1 Å². The molecule has 6 heterocycles. The van der Waals surface area contributed by atoms with Gasteiger partial charge in [-0.15, -0.1) is 0 Å². The molecule has 5 aromatic rings. The van der Waals surface area contributed by atoms with Gasteiger partial charge in [0.2, 0.25) is 0 Å². The van der Waals surface area contributed by atoms with Gasteiger partial charge in [-0.05, 0) is 44.1 Å². The van der Waals surface area contributed by atoms with E-state index in [1.165, 1.54) is 0 Å². The largest absolute Gasteiger partial charge is 0.335 e. The molecule has 6 rings (SSSR count). The van der Waals surface area contributed by atoms with Crippen molar-refractivity contribution < 1.29 is 0 Å². The van der Waals surface area contributed by atoms with E-state index in [1.54, 1.807) is 12.4 Å². The van der Waals surface area contributed by atoms with Crippen LogP contribution in [0.1, 0.15) is 24.5 Å². The monoisotopic (exact) mass is 396 g/mol. The van der Waals surface area contributed by atoms with Gasteiger partial charge in [0.1, 0.15) is 11.0 Å². The summed E-state index contributed by atoms with van der Waals surface area (Å²) in [5.74, 6) is 1.17. The molecule has 0 spiro atoms. The number of aromatic nitrogens is 7. The summed E-state index contributed by atoms with van der Waals surface area (Å²) >= 11 is 0. The first-order chi connectivity index (χ1) is 14.9. The van der Waals surface area contributed by atoms with Crippen LogP contribution in [-0.4, -0.2) is 48.2 Å². The molecule has 0 unspecified atom stereocenters. The second-order valence-corrected chi connectivity index (χ2v) is 7.64. The van der Waals surface area contributed by atoms with Gasteiger partial charge in [-0.3, -0.25) is 15.1 Å². The Bertz CT molecular complexity index is 1330. The number of nitrogens with zero attached hydrogens (tertiary/aromatic N) is 5. The van der Waals surface area contributed by atoms with E-state index < -0.39 is 0 Å². The molecule has 148 valence electrons. The third-order valence-electron chi connectivity index (χ3n) is 5.78. The predicted molar refractivity (Wildman–Crippen MR) is 115 cm³/mol. The quantitative estimate of drug-likeness (QED) is 0.431. The van der Waals surface area contributed by atoms with Crippen molar-refractivity contribution in [2.24, 2.45) is 0 Å². The molecule has 0 aliphatic carbocycles. The molecule has 8 heteroatoms. The number of nitrogens with one attached hydrogen (secondary N) is 3. The average molecular weight is 396 g/mol. The van der Waals surface area contributed by atoms with Crippen molar-refractivity contribution in [3.8, 4) is 22.6 Å². The molecular formula is C22H20N8. The van der Waals surface area contributed by atoms with Gasteiger partial charge in [0.25, 0.3) is 0 Å². The number of imidazole rings is 1. The summed E-state index contributed by atoms with van der Waals surface area (Å²) < 4.78 is 0. The number of fused-ring (bicyclic) bond motifs is 2. The third kappa shape index (κ3) is 2.84. The Hall–Kier alpha value is -3.65. The molecule has 0 radical (unpaired) electrons. The third-order valence-corrected chi connectivity index (χ3v) is 5.78. The zero-order valence-corrected chi connectivity index (χ0v) is 16.3. The van der Waals surface area contributed by atoms with Crippen LogP contribution in [0.4, 0.5) is 0 Å². The number of rotatable bonds is 3. The summed E-state index contributed by atoms with van der Waals surface area (Å²) in [7, 11) is 0. The summed E-state index contributed by atoms with van der Waals surface area (Å²) in [5, 5.41) is 11.0. The number of pyridine rings is 3. The van der Waals surface area contributed by atoms with Gasteiger partial charge >= 0.3 is 0 Å². The Morgan fingerprint density at radius 1 is 0.867 bits per heavy atom. The molecule has 0 aromatic carbocycles. The highest BCUT2D eigenvalue weighted by Gasteiger charge is 2.20. The topological polar surface area (TPSA) is 108 Å². The molecule has 8 nitrogen and oxygen atoms in total. The molecule has 0 amide bonds. The average Bonchev–Trinajstić information content (AvgIpc) is 3.43. The standard InChI is InChI=1S/C22H20N8/c1-2-14(10-24-7-1)15-11-25-12-18-19(15)28-22(27-18)21-20-17(29-30-21)4-3-16(26-20)13-5-8-23-9-6-13/h1-4,7,10-13,23H,5-6,8-9H2,(H,27,28)(H,29,30). The van der Waals surface area contributed by atoms with E-state index in [1.807, 2.05) is 24.5 Å². The molecular weight excluding hydrogens is 376 g/mol. The fourth-order valence-electron chi connectivity index (χ4n) is 4.20. The van der Waals surface area contributed by atoms with Crippen LogP contribution in [0.3, 0.4) is 0 Å². The highest BCUT2D eigenvalue weighted by Crippen LogP contribution is 2.31. The van der Waals surface area contributed by atoms with Crippen LogP contribution in [0, 0.1) is 0 Å². The molecule has 1 aliphatic heterocycles. The molecule has 5 aromatic heterocycles. The minimum atomic E-state index is 0.482. The first-order valence-corrected chi connectivity index (χ1v) is 10.2. The molecule has 1 fully saturated rings. The SMILES string of the molecule is c1cncc(-c2cncc3[nH]c(-c4n[nH]c5ccc(C6CCNCC6)nc45)nc23)c1. The summed E-state index contributed by atoms with van der Waals surface area (Å²) in [6.07, 6.45) is 9.40. The molecule has 0 saturated carbocycles. The predicted octanol–water partition coefficient (Wildman–Crippen LogP) is 3.43. The number of hydrogen-bond acceptors (Lipinski definition) is 6. The van der Waals surface area contributed by atoms with E-state index in [0.717, 1.165) is 70.5 Å². The molecule has 0 bridgehead atoms. The van der Waals surface area contributed by atoms with Crippen LogP contribution in [0.5, 0.6) is 0 Å². The van der Waals surface area contributed by atoms with Gasteiger partial charge in [-0.1, -0.05) is 6.07 Å². The smallest absolute Gasteiger partial charge is 0.161 e. The van der Waals surface area contributed by atoms with Gasteiger partial charge in [-0.2, -0.15) is 5.10 Å². The highest BCUT2D eigenvalue weighted by atomic mass is 15.2. The molecule has 1 saturated heterocycles. The van der Waals surface area contributed by atoms with Crippen molar-refractivity contribution in [2.75, 3.05) is 13.1 Å². The Morgan fingerprint density at radius 3 is 2.67 bits per heavy atom. The molecule has 3 N–H and O–H groups in total. The maximum atomic E-state index is 4.98. The van der Waals surface area contributed by atoms with Gasteiger partial charge in [0.15, 0.2) is 11.5 Å². The Labute approximate surface area is 172 Å². The van der Waals surface area contributed by atoms with E-state index in [9.17, 15) is 0 Å². The summed E-state index contributed by atoms with van der Waals surface area (Å²) in [5.41, 5.74) is 7.23. The minimum absolute atomic E-state index is 0.482.